The van der Waals surface area contributed by atoms with E-state index in [9.17, 15) is 27.1 Å². The Labute approximate surface area is 232 Å². The van der Waals surface area contributed by atoms with Gasteiger partial charge in [0.15, 0.2) is 0 Å². The Morgan fingerprint density at radius 1 is 1.25 bits per heavy atom. The Morgan fingerprint density at radius 2 is 1.90 bits per heavy atom. The third kappa shape index (κ3) is 7.73. The van der Waals surface area contributed by atoms with Gasteiger partial charge in [-0.05, 0) is 32.0 Å². The van der Waals surface area contributed by atoms with Crippen molar-refractivity contribution in [2.45, 2.75) is 32.0 Å². The van der Waals surface area contributed by atoms with Crippen molar-refractivity contribution in [1.82, 2.24) is 25.1 Å². The Bertz CT molecular complexity index is 1630. The minimum atomic E-state index is -3.67. The lowest BCUT2D eigenvalue weighted by Gasteiger charge is -2.35. The van der Waals surface area contributed by atoms with Crippen LogP contribution in [0.25, 0.3) is 10.6 Å². The number of rotatable bonds is 7. The van der Waals surface area contributed by atoms with Crippen molar-refractivity contribution < 1.29 is 31.7 Å². The van der Waals surface area contributed by atoms with Crippen LogP contribution in [-0.2, 0) is 22.3 Å². The molecule has 0 saturated carbocycles. The third-order valence-corrected chi connectivity index (χ3v) is 6.80. The lowest BCUT2D eigenvalue weighted by molar-refractivity contribution is -0.0185. The van der Waals surface area contributed by atoms with E-state index in [1.807, 2.05) is 6.07 Å². The average molecular weight is 591 g/mol. The lowest BCUT2D eigenvalue weighted by atomic mass is 9.86. The molecule has 0 saturated heterocycles. The van der Waals surface area contributed by atoms with E-state index in [4.69, 9.17) is 9.81 Å². The zero-order valence-corrected chi connectivity index (χ0v) is 23.0. The summed E-state index contributed by atoms with van der Waals surface area (Å²) in [6, 6.07) is 10.7. The highest BCUT2D eigenvalue weighted by Crippen LogP contribution is 2.32. The van der Waals surface area contributed by atoms with Gasteiger partial charge in [-0.3, -0.25) is 9.35 Å². The second kappa shape index (κ2) is 12.4. The Balaban J connectivity index is 0.000000810. The van der Waals surface area contributed by atoms with Gasteiger partial charge in [0.05, 0.1) is 36.2 Å². The highest BCUT2D eigenvalue weighted by molar-refractivity contribution is 7.85. The summed E-state index contributed by atoms with van der Waals surface area (Å²) in [6.45, 7) is 2.97. The number of aliphatic hydroxyl groups is 1. The van der Waals surface area contributed by atoms with Gasteiger partial charge in [-0.15, -0.1) is 11.3 Å². The van der Waals surface area contributed by atoms with Gasteiger partial charge in [0.25, 0.3) is 16.0 Å². The predicted octanol–water partition coefficient (Wildman–Crippen LogP) is 3.07. The molecule has 0 aliphatic carbocycles. The number of aryl methyl sites for hydroxylation is 1. The fourth-order valence-corrected chi connectivity index (χ4v) is 4.63. The van der Waals surface area contributed by atoms with Crippen molar-refractivity contribution in [3.8, 4) is 16.6 Å². The minimum Gasteiger partial charge on any atom is -0.381 e. The standard InChI is InChI=1S/C24H20F2N6O2S.CH4O3S/c1-14-21(35-23(30-14)17-5-3-16(10-27)4-6-17)22(33)31-15(2)24(34,11-32-13-28-12-29-32)19-8-7-18(25)9-20(19)26;1-5(2,3)4/h3-9,12-13,15,34H,11H2,1-2H3,(H,31,33);1H3,(H,2,3,4)/t15-,24-;/m1./s1. The third-order valence-electron chi connectivity index (χ3n) is 5.59. The van der Waals surface area contributed by atoms with Crippen LogP contribution in [0.5, 0.6) is 0 Å². The van der Waals surface area contributed by atoms with Crippen LogP contribution in [0.1, 0.15) is 33.4 Å². The van der Waals surface area contributed by atoms with E-state index in [2.05, 4.69) is 20.4 Å². The number of nitriles is 1. The zero-order chi connectivity index (χ0) is 29.7. The van der Waals surface area contributed by atoms with E-state index in [-0.39, 0.29) is 12.1 Å². The molecule has 0 fully saturated rings. The summed E-state index contributed by atoms with van der Waals surface area (Å²) >= 11 is 1.15. The number of carbonyl (C=O) groups is 1. The first-order valence-corrected chi connectivity index (χ1v) is 14.1. The van der Waals surface area contributed by atoms with E-state index < -0.39 is 39.3 Å². The molecule has 4 rings (SSSR count). The maximum Gasteiger partial charge on any atom is 0.263 e. The van der Waals surface area contributed by atoms with Gasteiger partial charge in [-0.1, -0.05) is 18.2 Å². The molecular weight excluding hydrogens is 566 g/mol. The van der Waals surface area contributed by atoms with Gasteiger partial charge in [0.2, 0.25) is 0 Å². The van der Waals surface area contributed by atoms with Gasteiger partial charge in [0.1, 0.15) is 39.8 Å². The predicted molar refractivity (Wildman–Crippen MR) is 142 cm³/mol. The number of hydrogen-bond acceptors (Lipinski definition) is 9. The second-order valence-electron chi connectivity index (χ2n) is 8.69. The average Bonchev–Trinajstić information content (AvgIpc) is 3.52. The molecule has 2 aromatic heterocycles. The van der Waals surface area contributed by atoms with Crippen LogP contribution in [0.4, 0.5) is 8.78 Å². The summed E-state index contributed by atoms with van der Waals surface area (Å²) in [4.78, 5) is 21.8. The van der Waals surface area contributed by atoms with Gasteiger partial charge in [-0.25, -0.2) is 23.4 Å². The van der Waals surface area contributed by atoms with Gasteiger partial charge in [0, 0.05) is 17.2 Å². The van der Waals surface area contributed by atoms with E-state index in [1.165, 1.54) is 24.3 Å². The summed E-state index contributed by atoms with van der Waals surface area (Å²) in [5.74, 6) is -2.25. The summed E-state index contributed by atoms with van der Waals surface area (Å²) in [7, 11) is -3.67. The van der Waals surface area contributed by atoms with E-state index >= 15 is 0 Å². The highest BCUT2D eigenvalue weighted by Gasteiger charge is 2.40. The van der Waals surface area contributed by atoms with E-state index in [1.54, 1.807) is 31.2 Å². The Morgan fingerprint density at radius 3 is 2.45 bits per heavy atom. The van der Waals surface area contributed by atoms with Crippen molar-refractivity contribution in [2.24, 2.45) is 0 Å². The molecule has 11 nitrogen and oxygen atoms in total. The molecule has 2 aromatic carbocycles. The molecular formula is C25H24F2N6O5S2. The molecule has 210 valence electrons. The monoisotopic (exact) mass is 590 g/mol. The molecule has 0 radical (unpaired) electrons. The number of halogens is 2. The molecule has 0 aliphatic rings. The first-order valence-electron chi connectivity index (χ1n) is 11.4. The first kappa shape index (κ1) is 30.4. The normalized spacial score (nSPS) is 13.3. The van der Waals surface area contributed by atoms with Crippen molar-refractivity contribution >= 4 is 27.4 Å². The van der Waals surface area contributed by atoms with E-state index in [0.717, 1.165) is 29.0 Å². The number of amides is 1. The van der Waals surface area contributed by atoms with Gasteiger partial charge < -0.3 is 10.4 Å². The summed E-state index contributed by atoms with van der Waals surface area (Å²) in [5.41, 5.74) is -0.433. The largest absolute Gasteiger partial charge is 0.381 e. The van der Waals surface area contributed by atoms with Crippen LogP contribution in [0.3, 0.4) is 0 Å². The van der Waals surface area contributed by atoms with E-state index in [0.29, 0.717) is 33.5 Å². The van der Waals surface area contributed by atoms with Crippen LogP contribution in [-0.4, -0.2) is 56.0 Å². The molecule has 3 N–H and O–H groups in total. The molecule has 2 heterocycles. The molecule has 1 amide bonds. The fourth-order valence-electron chi connectivity index (χ4n) is 3.66. The molecule has 0 bridgehead atoms. The summed E-state index contributed by atoms with van der Waals surface area (Å²) in [5, 5.41) is 27.8. The number of nitrogens with one attached hydrogen (secondary N) is 1. The number of aromatic nitrogens is 4. The summed E-state index contributed by atoms with van der Waals surface area (Å²) in [6.07, 6.45) is 3.32. The topological polar surface area (TPSA) is 171 Å². The van der Waals surface area contributed by atoms with Crippen LogP contribution >= 0.6 is 11.3 Å². The van der Waals surface area contributed by atoms with Crippen molar-refractivity contribution in [3.05, 3.63) is 88.5 Å². The Kier molecular flexibility index (Phi) is 9.43. The van der Waals surface area contributed by atoms with Crippen molar-refractivity contribution in [2.75, 3.05) is 6.26 Å². The van der Waals surface area contributed by atoms with Gasteiger partial charge >= 0.3 is 0 Å². The molecule has 2 atom stereocenters. The second-order valence-corrected chi connectivity index (χ2v) is 11.2. The molecule has 0 aliphatic heterocycles. The molecule has 0 unspecified atom stereocenters. The van der Waals surface area contributed by atoms with Gasteiger partial charge in [-0.2, -0.15) is 18.8 Å². The first-order chi connectivity index (χ1) is 18.7. The lowest BCUT2D eigenvalue weighted by Crippen LogP contribution is -2.51. The number of thiazole rings is 1. The summed E-state index contributed by atoms with van der Waals surface area (Å²) < 4.78 is 55.4. The van der Waals surface area contributed by atoms with Crippen LogP contribution in [0.2, 0.25) is 0 Å². The van der Waals surface area contributed by atoms with Crippen molar-refractivity contribution in [3.63, 3.8) is 0 Å². The molecule has 15 heteroatoms. The van der Waals surface area contributed by atoms with Crippen LogP contribution in [0.15, 0.2) is 55.1 Å². The molecule has 0 spiro atoms. The quantitative estimate of drug-likeness (QED) is 0.274. The SMILES string of the molecule is CS(=O)(=O)O.Cc1nc(-c2ccc(C#N)cc2)sc1C(=O)N[C@H](C)[C@](O)(Cn1cncn1)c1ccc(F)cc1F. The number of hydrogen-bond donors (Lipinski definition) is 3. The van der Waals surface area contributed by atoms with Crippen LogP contribution < -0.4 is 5.32 Å². The van der Waals surface area contributed by atoms with Crippen LogP contribution in [0, 0.1) is 29.9 Å². The fraction of sp³-hybridized carbons (Fsp3) is 0.240. The maximum atomic E-state index is 14.7. The smallest absolute Gasteiger partial charge is 0.263 e. The zero-order valence-electron chi connectivity index (χ0n) is 21.4. The minimum absolute atomic E-state index is 0.193. The number of carbonyl (C=O) groups excluding carboxylic acids is 1. The molecule has 4 aromatic rings. The van der Waals surface area contributed by atoms with Crippen molar-refractivity contribution in [1.29, 1.82) is 5.26 Å². The highest BCUT2D eigenvalue weighted by atomic mass is 32.2. The number of nitrogens with zero attached hydrogens (tertiary/aromatic N) is 5. The molecule has 40 heavy (non-hydrogen) atoms. The Hall–Kier alpha value is -4.10. The maximum absolute atomic E-state index is 14.7. The number of benzene rings is 2.